The van der Waals surface area contributed by atoms with Gasteiger partial charge in [-0.2, -0.15) is 0 Å². The monoisotopic (exact) mass is 395 g/mol. The maximum Gasteiger partial charge on any atom is 0.108 e. The molecule has 4 nitrogen and oxygen atoms in total. The molecule has 2 aromatic heterocycles. The Morgan fingerprint density at radius 1 is 0.793 bits per heavy atom. The van der Waals surface area contributed by atoms with E-state index in [0.29, 0.717) is 6.42 Å². The molecule has 0 aliphatic heterocycles. The predicted molar refractivity (Wildman–Crippen MR) is 122 cm³/mol. The first-order chi connectivity index (χ1) is 14.3. The number of pyridine rings is 1. The topological polar surface area (TPSA) is 61.8 Å². The van der Waals surface area contributed by atoms with Gasteiger partial charge in [-0.1, -0.05) is 82.6 Å². The van der Waals surface area contributed by atoms with Crippen LogP contribution in [0.1, 0.15) is 76.2 Å². The average molecular weight is 396 g/mol. The molecule has 0 amide bonds. The molecule has 0 unspecified atom stereocenters. The molecule has 2 N–H and O–H groups in total. The first kappa shape index (κ1) is 23.1. The van der Waals surface area contributed by atoms with Crippen LogP contribution in [-0.4, -0.2) is 26.7 Å². The standard InChI is InChI=1S/C16H30N2O.C9H7N/c1-2-3-4-5-6-7-8-9-10-11-15-14-17-16(18-15)12-13-19;1-2-6-9-8(4-1)5-3-7-10-9/h14,19H,2-13H2,1H3,(H,17,18);1-7H. The van der Waals surface area contributed by atoms with Gasteiger partial charge in [0.15, 0.2) is 0 Å². The Balaban J connectivity index is 0.000000248. The number of rotatable bonds is 12. The third-order valence-corrected chi connectivity index (χ3v) is 5.09. The highest BCUT2D eigenvalue weighted by atomic mass is 16.3. The van der Waals surface area contributed by atoms with E-state index in [9.17, 15) is 0 Å². The number of aliphatic hydroxyl groups is 1. The lowest BCUT2D eigenvalue weighted by Gasteiger charge is -2.01. The van der Waals surface area contributed by atoms with Crippen LogP contribution in [0.25, 0.3) is 10.9 Å². The van der Waals surface area contributed by atoms with Crippen LogP contribution < -0.4 is 0 Å². The van der Waals surface area contributed by atoms with Crippen molar-refractivity contribution >= 4 is 10.9 Å². The van der Waals surface area contributed by atoms with E-state index >= 15 is 0 Å². The first-order valence-corrected chi connectivity index (χ1v) is 11.3. The number of fused-ring (bicyclic) bond motifs is 1. The second kappa shape index (κ2) is 14.7. The summed E-state index contributed by atoms with van der Waals surface area (Å²) in [4.78, 5) is 11.7. The van der Waals surface area contributed by atoms with E-state index < -0.39 is 0 Å². The molecule has 0 radical (unpaired) electrons. The van der Waals surface area contributed by atoms with Crippen molar-refractivity contribution < 1.29 is 5.11 Å². The van der Waals surface area contributed by atoms with E-state index in [2.05, 4.69) is 34.0 Å². The zero-order valence-corrected chi connectivity index (χ0v) is 17.9. The first-order valence-electron chi connectivity index (χ1n) is 11.3. The smallest absolute Gasteiger partial charge is 0.108 e. The molecule has 4 heteroatoms. The van der Waals surface area contributed by atoms with Gasteiger partial charge in [0.25, 0.3) is 0 Å². The van der Waals surface area contributed by atoms with E-state index in [4.69, 9.17) is 5.11 Å². The summed E-state index contributed by atoms with van der Waals surface area (Å²) in [5.74, 6) is 0.911. The van der Waals surface area contributed by atoms with Gasteiger partial charge in [-0.25, -0.2) is 4.98 Å². The fraction of sp³-hybridized carbons (Fsp3) is 0.520. The minimum absolute atomic E-state index is 0.172. The number of aromatic nitrogens is 3. The van der Waals surface area contributed by atoms with Crippen LogP contribution in [0.4, 0.5) is 0 Å². The Hall–Kier alpha value is -2.20. The van der Waals surface area contributed by atoms with Crippen molar-refractivity contribution in [2.24, 2.45) is 0 Å². The number of hydrogen-bond donors (Lipinski definition) is 2. The molecule has 0 fully saturated rings. The molecule has 0 aliphatic rings. The normalized spacial score (nSPS) is 10.7. The molecule has 3 rings (SSSR count). The fourth-order valence-electron chi connectivity index (χ4n) is 3.41. The van der Waals surface area contributed by atoms with Crippen molar-refractivity contribution in [2.45, 2.75) is 77.6 Å². The fourth-order valence-corrected chi connectivity index (χ4v) is 3.41. The zero-order valence-electron chi connectivity index (χ0n) is 17.9. The van der Waals surface area contributed by atoms with Crippen molar-refractivity contribution in [1.29, 1.82) is 0 Å². The van der Waals surface area contributed by atoms with E-state index in [1.165, 1.54) is 68.9 Å². The summed E-state index contributed by atoms with van der Waals surface area (Å²) in [6.45, 7) is 2.44. The van der Waals surface area contributed by atoms with E-state index in [1.807, 2.05) is 36.7 Å². The number of nitrogens with one attached hydrogen (secondary N) is 1. The van der Waals surface area contributed by atoms with Crippen LogP contribution in [0.15, 0.2) is 48.8 Å². The Bertz CT molecular complexity index is 719. The summed E-state index contributed by atoms with van der Waals surface area (Å²) in [5, 5.41) is 10.0. The van der Waals surface area contributed by atoms with E-state index in [0.717, 1.165) is 17.8 Å². The molecule has 1 aromatic carbocycles. The average Bonchev–Trinajstić information content (AvgIpc) is 3.21. The van der Waals surface area contributed by atoms with Crippen molar-refractivity contribution in [2.75, 3.05) is 6.61 Å². The SMILES string of the molecule is CCCCCCCCCCCc1cnc(CCO)[nH]1.c1ccc2ncccc2c1. The Labute approximate surface area is 175 Å². The summed E-state index contributed by atoms with van der Waals surface area (Å²) in [5.41, 5.74) is 2.27. The van der Waals surface area contributed by atoms with Crippen LogP contribution in [0.3, 0.4) is 0 Å². The molecule has 158 valence electrons. The number of aliphatic hydroxyl groups excluding tert-OH is 1. The molecule has 0 saturated heterocycles. The number of nitrogens with zero attached hydrogens (tertiary/aromatic N) is 2. The second-order valence-electron chi connectivity index (χ2n) is 7.60. The molecule has 0 bridgehead atoms. The maximum absolute atomic E-state index is 8.82. The third kappa shape index (κ3) is 9.71. The number of benzene rings is 1. The molecule has 3 aromatic rings. The Morgan fingerprint density at radius 3 is 2.21 bits per heavy atom. The van der Waals surface area contributed by atoms with Crippen LogP contribution in [0, 0.1) is 0 Å². The third-order valence-electron chi connectivity index (χ3n) is 5.09. The molecule has 0 aliphatic carbocycles. The summed E-state index contributed by atoms with van der Waals surface area (Å²) in [6, 6.07) is 12.1. The van der Waals surface area contributed by atoms with Gasteiger partial charge in [-0.05, 0) is 25.0 Å². The number of para-hydroxylation sites is 1. The highest BCUT2D eigenvalue weighted by Gasteiger charge is 2.00. The minimum Gasteiger partial charge on any atom is -0.396 e. The van der Waals surface area contributed by atoms with E-state index in [1.54, 1.807) is 0 Å². The highest BCUT2D eigenvalue weighted by Crippen LogP contribution is 2.11. The molecule has 0 atom stereocenters. The Morgan fingerprint density at radius 2 is 1.48 bits per heavy atom. The number of aromatic amines is 1. The molecule has 0 saturated carbocycles. The lowest BCUT2D eigenvalue weighted by atomic mass is 10.1. The lowest BCUT2D eigenvalue weighted by Crippen LogP contribution is -1.93. The zero-order chi connectivity index (χ0) is 20.6. The van der Waals surface area contributed by atoms with Crippen molar-refractivity contribution in [3.63, 3.8) is 0 Å². The summed E-state index contributed by atoms with van der Waals surface area (Å²) < 4.78 is 0. The lowest BCUT2D eigenvalue weighted by molar-refractivity contribution is 0.297. The predicted octanol–water partition coefficient (Wildman–Crippen LogP) is 6.25. The number of hydrogen-bond acceptors (Lipinski definition) is 3. The summed E-state index contributed by atoms with van der Waals surface area (Å²) >= 11 is 0. The maximum atomic E-state index is 8.82. The van der Waals surface area contributed by atoms with Gasteiger partial charge in [0.05, 0.1) is 12.1 Å². The van der Waals surface area contributed by atoms with E-state index in [-0.39, 0.29) is 6.61 Å². The highest BCUT2D eigenvalue weighted by molar-refractivity contribution is 5.77. The number of unbranched alkanes of at least 4 members (excludes halogenated alkanes) is 8. The van der Waals surface area contributed by atoms with Gasteiger partial charge in [0, 0.05) is 29.9 Å². The van der Waals surface area contributed by atoms with Gasteiger partial charge >= 0.3 is 0 Å². The summed E-state index contributed by atoms with van der Waals surface area (Å²) in [7, 11) is 0. The van der Waals surface area contributed by atoms with Gasteiger partial charge in [0.1, 0.15) is 5.82 Å². The molecular formula is C25H37N3O. The van der Waals surface area contributed by atoms with Crippen molar-refractivity contribution in [3.05, 3.63) is 60.3 Å². The van der Waals surface area contributed by atoms with Crippen LogP contribution in [0.2, 0.25) is 0 Å². The van der Waals surface area contributed by atoms with Crippen molar-refractivity contribution in [1.82, 2.24) is 15.0 Å². The van der Waals surface area contributed by atoms with Gasteiger partial charge < -0.3 is 10.1 Å². The van der Waals surface area contributed by atoms with Gasteiger partial charge in [-0.3, -0.25) is 4.98 Å². The van der Waals surface area contributed by atoms with Crippen molar-refractivity contribution in [3.8, 4) is 0 Å². The van der Waals surface area contributed by atoms with Crippen LogP contribution >= 0.6 is 0 Å². The van der Waals surface area contributed by atoms with Crippen LogP contribution in [-0.2, 0) is 12.8 Å². The quantitative estimate of drug-likeness (QED) is 0.356. The molecule has 29 heavy (non-hydrogen) atoms. The second-order valence-corrected chi connectivity index (χ2v) is 7.60. The van der Waals surface area contributed by atoms with Crippen LogP contribution in [0.5, 0.6) is 0 Å². The minimum atomic E-state index is 0.172. The molecule has 0 spiro atoms. The van der Waals surface area contributed by atoms with Gasteiger partial charge in [-0.15, -0.1) is 0 Å². The van der Waals surface area contributed by atoms with Gasteiger partial charge in [0.2, 0.25) is 0 Å². The largest absolute Gasteiger partial charge is 0.396 e. The number of imidazole rings is 1. The number of H-pyrrole nitrogens is 1. The Kier molecular flexibility index (Phi) is 11.7. The summed E-state index contributed by atoms with van der Waals surface area (Å²) in [6.07, 6.45) is 17.7. The molecular weight excluding hydrogens is 358 g/mol. The molecule has 2 heterocycles. The number of aryl methyl sites for hydroxylation is 1.